The number of carbonyl (C=O) groups excluding carboxylic acids is 2. The molecule has 1 saturated carbocycles. The lowest BCUT2D eigenvalue weighted by molar-refractivity contribution is -0.192. The normalized spacial score (nSPS) is 17.0. The van der Waals surface area contributed by atoms with Crippen LogP contribution in [0.1, 0.15) is 62.2 Å². The van der Waals surface area contributed by atoms with Crippen molar-refractivity contribution in [2.75, 3.05) is 19.7 Å². The number of nitrogens with zero attached hydrogens (tertiary/aromatic N) is 1. The number of aliphatic hydroxyl groups excluding tert-OH is 1. The molecule has 2 amide bonds. The van der Waals surface area contributed by atoms with Crippen molar-refractivity contribution >= 4 is 29.4 Å². The lowest BCUT2D eigenvalue weighted by Gasteiger charge is -2.36. The predicted molar refractivity (Wildman–Crippen MR) is 184 cm³/mol. The van der Waals surface area contributed by atoms with Crippen LogP contribution in [-0.2, 0) is 20.3 Å². The zero-order chi connectivity index (χ0) is 38.1. The van der Waals surface area contributed by atoms with E-state index in [4.69, 9.17) is 32.0 Å². The zero-order valence-corrected chi connectivity index (χ0v) is 28.9. The van der Waals surface area contributed by atoms with E-state index in [2.05, 4.69) is 5.32 Å². The smallest absolute Gasteiger partial charge is 0.490 e. The third-order valence-corrected chi connectivity index (χ3v) is 9.34. The SMILES string of the molecule is NC1CCN(C(=O)[C@H](NC(=O)[C@@H](O)c2ccc(OCC3CCCCC3)cc2)C(F)(F)c2ccc(-c3ccc(Cl)cc3)cc2)CC1.O=C(O)C(F)(F)F. The van der Waals surface area contributed by atoms with E-state index in [1.54, 1.807) is 36.4 Å². The minimum Gasteiger partial charge on any atom is -0.493 e. The number of aliphatic hydroxyl groups is 1. The van der Waals surface area contributed by atoms with Gasteiger partial charge in [-0.25, -0.2) is 4.79 Å². The van der Waals surface area contributed by atoms with Crippen molar-refractivity contribution in [3.05, 3.63) is 88.9 Å². The van der Waals surface area contributed by atoms with Crippen LogP contribution in [0.4, 0.5) is 22.0 Å². The Hall–Kier alpha value is -4.27. The number of hydrogen-bond donors (Lipinski definition) is 4. The Morgan fingerprint density at radius 3 is 1.88 bits per heavy atom. The Bertz CT molecular complexity index is 1630. The van der Waals surface area contributed by atoms with E-state index in [0.717, 1.165) is 18.4 Å². The molecule has 2 atom stereocenters. The van der Waals surface area contributed by atoms with Crippen molar-refractivity contribution in [3.63, 3.8) is 0 Å². The van der Waals surface area contributed by atoms with E-state index >= 15 is 8.78 Å². The maximum absolute atomic E-state index is 16.2. The molecule has 1 aliphatic heterocycles. The number of carbonyl (C=O) groups is 3. The summed E-state index contributed by atoms with van der Waals surface area (Å²) in [5.74, 6) is -7.47. The van der Waals surface area contributed by atoms with Crippen molar-refractivity contribution in [3.8, 4) is 16.9 Å². The van der Waals surface area contributed by atoms with Crippen LogP contribution >= 0.6 is 11.6 Å². The fourth-order valence-corrected chi connectivity index (χ4v) is 6.12. The van der Waals surface area contributed by atoms with Crippen molar-refractivity contribution in [2.45, 2.75) is 75.2 Å². The zero-order valence-electron chi connectivity index (χ0n) is 28.1. The number of alkyl halides is 5. The Kier molecular flexibility index (Phi) is 14.0. The number of likely N-dealkylation sites (tertiary alicyclic amines) is 1. The Labute approximate surface area is 302 Å². The minimum atomic E-state index is -5.08. The summed E-state index contributed by atoms with van der Waals surface area (Å²) in [6, 6.07) is 16.5. The van der Waals surface area contributed by atoms with Crippen molar-refractivity contribution < 1.29 is 51.3 Å². The van der Waals surface area contributed by atoms with Gasteiger partial charge in [0.25, 0.3) is 11.8 Å². The first-order chi connectivity index (χ1) is 24.6. The van der Waals surface area contributed by atoms with E-state index in [0.29, 0.717) is 41.7 Å². The first kappa shape index (κ1) is 40.5. The molecule has 2 aliphatic rings. The molecular formula is C37H41ClF5N3O6. The summed E-state index contributed by atoms with van der Waals surface area (Å²) < 4.78 is 70.0. The maximum Gasteiger partial charge on any atom is 0.490 e. The number of halogens is 6. The Morgan fingerprint density at radius 1 is 0.846 bits per heavy atom. The third kappa shape index (κ3) is 11.1. The summed E-state index contributed by atoms with van der Waals surface area (Å²) in [6.07, 6.45) is 0.0126. The lowest BCUT2D eigenvalue weighted by Crippen LogP contribution is -2.58. The Morgan fingerprint density at radius 2 is 1.37 bits per heavy atom. The number of aliphatic carboxylic acids is 1. The molecule has 0 bridgehead atoms. The summed E-state index contributed by atoms with van der Waals surface area (Å²) in [5.41, 5.74) is 7.19. The second kappa shape index (κ2) is 18.0. The van der Waals surface area contributed by atoms with Gasteiger partial charge in [0, 0.05) is 29.7 Å². The number of rotatable bonds is 10. The van der Waals surface area contributed by atoms with Gasteiger partial charge in [-0.2, -0.15) is 22.0 Å². The van der Waals surface area contributed by atoms with Gasteiger partial charge in [0.15, 0.2) is 12.1 Å². The number of ether oxygens (including phenoxy) is 1. The van der Waals surface area contributed by atoms with Gasteiger partial charge in [-0.1, -0.05) is 79.4 Å². The highest BCUT2D eigenvalue weighted by molar-refractivity contribution is 6.30. The fourth-order valence-electron chi connectivity index (χ4n) is 5.99. The van der Waals surface area contributed by atoms with Crippen LogP contribution < -0.4 is 15.8 Å². The van der Waals surface area contributed by atoms with Gasteiger partial charge in [0.2, 0.25) is 0 Å². The molecular weight excluding hydrogens is 713 g/mol. The molecule has 3 aromatic carbocycles. The number of benzene rings is 3. The molecule has 5 rings (SSSR count). The van der Waals surface area contributed by atoms with E-state index in [1.165, 1.54) is 60.6 Å². The van der Waals surface area contributed by atoms with Gasteiger partial charge >= 0.3 is 18.1 Å². The highest BCUT2D eigenvalue weighted by Gasteiger charge is 2.49. The minimum absolute atomic E-state index is 0.126. The number of piperidine rings is 1. The van der Waals surface area contributed by atoms with Gasteiger partial charge in [-0.05, 0) is 72.6 Å². The second-order valence-corrected chi connectivity index (χ2v) is 13.3. The van der Waals surface area contributed by atoms with Crippen LogP contribution in [0.5, 0.6) is 5.75 Å². The second-order valence-electron chi connectivity index (χ2n) is 12.9. The first-order valence-corrected chi connectivity index (χ1v) is 17.2. The highest BCUT2D eigenvalue weighted by Crippen LogP contribution is 2.35. The molecule has 15 heteroatoms. The largest absolute Gasteiger partial charge is 0.493 e. The molecule has 1 saturated heterocycles. The van der Waals surface area contributed by atoms with E-state index in [9.17, 15) is 27.9 Å². The van der Waals surface area contributed by atoms with Crippen LogP contribution in [0.3, 0.4) is 0 Å². The van der Waals surface area contributed by atoms with Gasteiger partial charge in [-0.3, -0.25) is 9.59 Å². The number of hydrogen-bond acceptors (Lipinski definition) is 6. The standard InChI is InChI=1S/C35H40ClF2N3O4.C2HF3O2/c36-28-14-8-25(9-15-28)24-6-12-27(13-7-24)35(37,38)32(34(44)41-20-18-29(39)19-21-41)40-33(43)31(42)26-10-16-30(17-11-26)45-22-23-4-2-1-3-5-23;3-2(4,5)1(6)7/h6-17,23,29,31-32,42H,1-5,18-22,39H2,(H,40,43);(H,6,7)/t31-,32-;/m0./s1. The average molecular weight is 754 g/mol. The molecule has 3 aromatic rings. The number of carboxylic acids is 1. The Balaban J connectivity index is 0.000000785. The maximum atomic E-state index is 16.2. The molecule has 282 valence electrons. The van der Waals surface area contributed by atoms with Crippen LogP contribution in [-0.4, -0.2) is 70.9 Å². The number of nitrogens with one attached hydrogen (secondary N) is 1. The van der Waals surface area contributed by atoms with Crippen LogP contribution in [0.15, 0.2) is 72.8 Å². The quantitative estimate of drug-likeness (QED) is 0.166. The number of carboxylic acid groups (broad SMARTS) is 1. The van der Waals surface area contributed by atoms with Gasteiger partial charge in [0.1, 0.15) is 5.75 Å². The monoisotopic (exact) mass is 753 g/mol. The lowest BCUT2D eigenvalue weighted by atomic mass is 9.90. The van der Waals surface area contributed by atoms with Crippen LogP contribution in [0.25, 0.3) is 11.1 Å². The average Bonchev–Trinajstić information content (AvgIpc) is 3.13. The molecule has 0 unspecified atom stereocenters. The molecule has 0 aromatic heterocycles. The summed E-state index contributed by atoms with van der Waals surface area (Å²) in [7, 11) is 0. The molecule has 2 fully saturated rings. The topological polar surface area (TPSA) is 142 Å². The summed E-state index contributed by atoms with van der Waals surface area (Å²) >= 11 is 5.97. The van der Waals surface area contributed by atoms with Gasteiger partial charge in [-0.15, -0.1) is 0 Å². The molecule has 9 nitrogen and oxygen atoms in total. The summed E-state index contributed by atoms with van der Waals surface area (Å²) in [6.45, 7) is 0.995. The van der Waals surface area contributed by atoms with E-state index < -0.39 is 47.6 Å². The first-order valence-electron chi connectivity index (χ1n) is 16.9. The molecule has 5 N–H and O–H groups in total. The van der Waals surface area contributed by atoms with E-state index in [1.807, 2.05) is 0 Å². The molecule has 52 heavy (non-hydrogen) atoms. The number of nitrogens with two attached hydrogens (primary N) is 1. The third-order valence-electron chi connectivity index (χ3n) is 9.09. The summed E-state index contributed by atoms with van der Waals surface area (Å²) in [4.78, 5) is 37.0. The number of amides is 2. The van der Waals surface area contributed by atoms with Crippen molar-refractivity contribution in [2.24, 2.45) is 11.7 Å². The van der Waals surface area contributed by atoms with Gasteiger partial charge < -0.3 is 30.9 Å². The van der Waals surface area contributed by atoms with Crippen LogP contribution in [0.2, 0.25) is 5.02 Å². The fraction of sp³-hybridized carbons (Fsp3) is 0.432. The molecule has 0 radical (unpaired) electrons. The summed E-state index contributed by atoms with van der Waals surface area (Å²) in [5, 5.41) is 20.7. The van der Waals surface area contributed by atoms with Crippen LogP contribution in [0, 0.1) is 5.92 Å². The highest BCUT2D eigenvalue weighted by atomic mass is 35.5. The molecule has 1 heterocycles. The molecule has 1 aliphatic carbocycles. The van der Waals surface area contributed by atoms with Crippen molar-refractivity contribution in [1.82, 2.24) is 10.2 Å². The van der Waals surface area contributed by atoms with Crippen molar-refractivity contribution in [1.29, 1.82) is 0 Å². The van der Waals surface area contributed by atoms with E-state index in [-0.39, 0.29) is 24.7 Å². The molecule has 0 spiro atoms. The predicted octanol–water partition coefficient (Wildman–Crippen LogP) is 6.86. The van der Waals surface area contributed by atoms with Gasteiger partial charge in [0.05, 0.1) is 6.61 Å².